The molecule has 0 amide bonds. The van der Waals surface area contributed by atoms with E-state index in [1.807, 2.05) is 23.5 Å². The van der Waals surface area contributed by atoms with Crippen LogP contribution in [0.1, 0.15) is 0 Å². The fourth-order valence-electron chi connectivity index (χ4n) is 9.36. The Morgan fingerprint density at radius 2 is 1.05 bits per heavy atom. The van der Waals surface area contributed by atoms with Gasteiger partial charge in [0.05, 0.1) is 38.8 Å². The molecule has 0 unspecified atom stereocenters. The van der Waals surface area contributed by atoms with E-state index in [0.29, 0.717) is 0 Å². The van der Waals surface area contributed by atoms with Crippen LogP contribution in [-0.4, -0.2) is 19.1 Å². The van der Waals surface area contributed by atoms with Crippen LogP contribution in [0.3, 0.4) is 0 Å². The Morgan fingerprint density at radius 3 is 1.93 bits per heavy atom. The molecule has 0 bridgehead atoms. The van der Waals surface area contributed by atoms with Crippen LogP contribution in [0.2, 0.25) is 0 Å². The highest BCUT2D eigenvalue weighted by Gasteiger charge is 2.22. The molecule has 264 valence electrons. The molecule has 0 aliphatic heterocycles. The number of benzene rings is 9. The largest absolute Gasteiger partial charge is 0.309 e. The Labute approximate surface area is 330 Å². The molecule has 0 saturated heterocycles. The first-order valence-electron chi connectivity index (χ1n) is 19.3. The lowest BCUT2D eigenvalue weighted by atomic mass is 10.0. The first kappa shape index (κ1) is 30.9. The zero-order chi connectivity index (χ0) is 37.2. The monoisotopic (exact) mass is 742 g/mol. The Hall–Kier alpha value is -7.34. The zero-order valence-electron chi connectivity index (χ0n) is 30.5. The van der Waals surface area contributed by atoms with Gasteiger partial charge in [-0.05, 0) is 82.9 Å². The predicted octanol–water partition coefficient (Wildman–Crippen LogP) is 14.2. The van der Waals surface area contributed by atoms with Crippen molar-refractivity contribution in [2.45, 2.75) is 0 Å². The van der Waals surface area contributed by atoms with Crippen LogP contribution in [0.15, 0.2) is 182 Å². The molecular formula is C52H30N4S. The Bertz CT molecular complexity index is 3830. The number of thiophene rings is 1. The van der Waals surface area contributed by atoms with E-state index < -0.39 is 0 Å². The van der Waals surface area contributed by atoms with Crippen LogP contribution in [0, 0.1) is 0 Å². The van der Waals surface area contributed by atoms with Crippen molar-refractivity contribution in [3.05, 3.63) is 182 Å². The highest BCUT2D eigenvalue weighted by atomic mass is 32.1. The molecule has 0 aliphatic carbocycles. The topological polar surface area (TPSA) is 35.6 Å². The first-order valence-corrected chi connectivity index (χ1v) is 20.1. The molecular weight excluding hydrogens is 713 g/mol. The van der Waals surface area contributed by atoms with Crippen LogP contribution in [-0.2, 0) is 0 Å². The van der Waals surface area contributed by atoms with Gasteiger partial charge in [0.25, 0.3) is 0 Å². The molecule has 9 aromatic carbocycles. The molecule has 0 aliphatic rings. The van der Waals surface area contributed by atoms with Gasteiger partial charge in [0.15, 0.2) is 5.82 Å². The highest BCUT2D eigenvalue weighted by molar-refractivity contribution is 7.25. The van der Waals surface area contributed by atoms with Crippen molar-refractivity contribution in [2.24, 2.45) is 0 Å². The lowest BCUT2D eigenvalue weighted by Crippen LogP contribution is -2.04. The van der Waals surface area contributed by atoms with Crippen molar-refractivity contribution in [2.75, 3.05) is 0 Å². The molecule has 13 aromatic rings. The SMILES string of the molecule is c1cc(-n2c3ccccc3c3c4ccccc4ccc32)c2cc3c(cc2c1)c1ccccc1n3-c1nc2ccccc2nc1-c1ccc2sc3ccccc3c2c1. The van der Waals surface area contributed by atoms with Gasteiger partial charge < -0.3 is 4.57 Å². The minimum absolute atomic E-state index is 0.818. The van der Waals surface area contributed by atoms with Crippen LogP contribution < -0.4 is 0 Å². The number of hydrogen-bond acceptors (Lipinski definition) is 3. The van der Waals surface area contributed by atoms with Crippen molar-refractivity contribution < 1.29 is 0 Å². The van der Waals surface area contributed by atoms with Crippen molar-refractivity contribution in [3.63, 3.8) is 0 Å². The van der Waals surface area contributed by atoms with Crippen molar-refractivity contribution in [1.82, 2.24) is 19.1 Å². The lowest BCUT2D eigenvalue weighted by Gasteiger charge is -2.15. The third kappa shape index (κ3) is 4.37. The molecule has 57 heavy (non-hydrogen) atoms. The summed E-state index contributed by atoms with van der Waals surface area (Å²) in [6.07, 6.45) is 0. The quantitative estimate of drug-likeness (QED) is 0.181. The molecule has 0 saturated carbocycles. The van der Waals surface area contributed by atoms with Crippen molar-refractivity contribution >= 4 is 108 Å². The van der Waals surface area contributed by atoms with Gasteiger partial charge in [0.2, 0.25) is 0 Å². The van der Waals surface area contributed by atoms with Gasteiger partial charge in [0, 0.05) is 52.7 Å². The smallest absolute Gasteiger partial charge is 0.165 e. The van der Waals surface area contributed by atoms with E-state index in [2.05, 4.69) is 179 Å². The van der Waals surface area contributed by atoms with E-state index >= 15 is 0 Å². The summed E-state index contributed by atoms with van der Waals surface area (Å²) in [6.45, 7) is 0. The number of rotatable bonds is 3. The molecule has 0 atom stereocenters. The summed E-state index contributed by atoms with van der Waals surface area (Å²) >= 11 is 1.83. The summed E-state index contributed by atoms with van der Waals surface area (Å²) < 4.78 is 7.37. The maximum absolute atomic E-state index is 5.49. The van der Waals surface area contributed by atoms with Gasteiger partial charge in [-0.2, -0.15) is 0 Å². The molecule has 0 spiro atoms. The third-order valence-corrected chi connectivity index (χ3v) is 13.0. The zero-order valence-corrected chi connectivity index (χ0v) is 31.3. The van der Waals surface area contributed by atoms with Gasteiger partial charge >= 0.3 is 0 Å². The number of aromatic nitrogens is 4. The average molecular weight is 743 g/mol. The van der Waals surface area contributed by atoms with Crippen LogP contribution in [0.25, 0.3) is 119 Å². The van der Waals surface area contributed by atoms with Gasteiger partial charge in [-0.15, -0.1) is 11.3 Å². The van der Waals surface area contributed by atoms with Gasteiger partial charge in [0.1, 0.15) is 5.69 Å². The third-order valence-electron chi connectivity index (χ3n) is 11.9. The van der Waals surface area contributed by atoms with E-state index in [0.717, 1.165) is 44.8 Å². The van der Waals surface area contributed by atoms with E-state index in [4.69, 9.17) is 9.97 Å². The summed E-state index contributed by atoms with van der Waals surface area (Å²) in [7, 11) is 0. The maximum Gasteiger partial charge on any atom is 0.165 e. The fourth-order valence-corrected chi connectivity index (χ4v) is 10.4. The van der Waals surface area contributed by atoms with Gasteiger partial charge in [-0.3, -0.25) is 4.57 Å². The molecule has 4 heterocycles. The predicted molar refractivity (Wildman–Crippen MR) is 242 cm³/mol. The average Bonchev–Trinajstić information content (AvgIpc) is 3.92. The van der Waals surface area contributed by atoms with Gasteiger partial charge in [-0.25, -0.2) is 9.97 Å². The molecule has 13 rings (SSSR count). The maximum atomic E-state index is 5.49. The van der Waals surface area contributed by atoms with Crippen LogP contribution in [0.5, 0.6) is 0 Å². The van der Waals surface area contributed by atoms with E-state index in [1.54, 1.807) is 0 Å². The second-order valence-corrected chi connectivity index (χ2v) is 16.0. The van der Waals surface area contributed by atoms with Crippen molar-refractivity contribution in [3.8, 4) is 22.8 Å². The Morgan fingerprint density at radius 1 is 0.368 bits per heavy atom. The summed E-state index contributed by atoms with van der Waals surface area (Å²) in [6, 6.07) is 65.9. The van der Waals surface area contributed by atoms with Crippen molar-refractivity contribution in [1.29, 1.82) is 0 Å². The van der Waals surface area contributed by atoms with E-state index in [9.17, 15) is 0 Å². The normalized spacial score (nSPS) is 12.2. The molecule has 0 fully saturated rings. The molecule has 5 heteroatoms. The first-order chi connectivity index (χ1) is 28.3. The van der Waals surface area contributed by atoms with Crippen LogP contribution in [0.4, 0.5) is 0 Å². The standard InChI is InChI=1S/C52H30N4S/c1-2-14-34-31(12-1)24-26-46-50(34)37-17-4-9-21-44(37)55(46)45-22-11-13-32-28-39-35-15-3-8-20-43(35)56(47(39)30-38(32)45)52-51(53-41-18-6-7-19-42(41)54-52)33-25-27-49-40(29-33)36-16-5-10-23-48(36)57-49/h1-30H. The Kier molecular flexibility index (Phi) is 6.29. The molecule has 4 nitrogen and oxygen atoms in total. The summed E-state index contributed by atoms with van der Waals surface area (Å²) in [5.41, 5.74) is 9.36. The van der Waals surface area contributed by atoms with E-state index in [1.165, 1.54) is 74.3 Å². The highest BCUT2D eigenvalue weighted by Crippen LogP contribution is 2.43. The molecule has 0 radical (unpaired) electrons. The molecule has 4 aromatic heterocycles. The Balaban J connectivity index is 1.14. The summed E-state index contributed by atoms with van der Waals surface area (Å²) in [5, 5.41) is 12.3. The molecule has 0 N–H and O–H groups in total. The number of hydrogen-bond donors (Lipinski definition) is 0. The minimum Gasteiger partial charge on any atom is -0.309 e. The second kappa shape index (κ2) is 11.6. The second-order valence-electron chi connectivity index (χ2n) is 14.9. The summed E-state index contributed by atoms with van der Waals surface area (Å²) in [5.74, 6) is 0.818. The number of fused-ring (bicyclic) bond motifs is 13. The fraction of sp³-hybridized carbons (Fsp3) is 0. The van der Waals surface area contributed by atoms with E-state index in [-0.39, 0.29) is 0 Å². The van der Waals surface area contributed by atoms with Gasteiger partial charge in [-0.1, -0.05) is 115 Å². The number of nitrogens with zero attached hydrogens (tertiary/aromatic N) is 4. The number of para-hydroxylation sites is 4. The summed E-state index contributed by atoms with van der Waals surface area (Å²) in [4.78, 5) is 10.9. The minimum atomic E-state index is 0.818. The lowest BCUT2D eigenvalue weighted by molar-refractivity contribution is 1.08. The van der Waals surface area contributed by atoms with Crippen LogP contribution >= 0.6 is 11.3 Å².